The van der Waals surface area contributed by atoms with Crippen molar-refractivity contribution in [3.8, 4) is 16.9 Å². The molecule has 8 heteroatoms. The summed E-state index contributed by atoms with van der Waals surface area (Å²) >= 11 is 2.98. The van der Waals surface area contributed by atoms with Crippen molar-refractivity contribution in [2.45, 2.75) is 12.4 Å². The monoisotopic (exact) mass is 384 g/mol. The number of hydrogen-bond acceptors (Lipinski definition) is 1. The highest BCUT2D eigenvalue weighted by Gasteiger charge is 2.37. The molecule has 0 amide bonds. The van der Waals surface area contributed by atoms with E-state index in [2.05, 4.69) is 15.9 Å². The molecule has 0 aliphatic rings. The number of phenols is 1. The molecular weight excluding hydrogens is 378 g/mol. The van der Waals surface area contributed by atoms with Crippen LogP contribution in [0.15, 0.2) is 40.9 Å². The molecule has 0 aromatic heterocycles. The molecule has 0 bridgehead atoms. The lowest BCUT2D eigenvalue weighted by Crippen LogP contribution is -2.11. The van der Waals surface area contributed by atoms with Crippen molar-refractivity contribution < 1.29 is 31.4 Å². The molecule has 22 heavy (non-hydrogen) atoms. The molecule has 118 valence electrons. The lowest BCUT2D eigenvalue weighted by molar-refractivity contribution is -0.143. The molecular formula is C14H7BrF6O. The van der Waals surface area contributed by atoms with Gasteiger partial charge in [-0.1, -0.05) is 6.07 Å². The first kappa shape index (κ1) is 16.7. The molecule has 0 spiro atoms. The molecule has 0 unspecified atom stereocenters. The van der Waals surface area contributed by atoms with Gasteiger partial charge in [-0.2, -0.15) is 26.3 Å². The Hall–Kier alpha value is -1.70. The summed E-state index contributed by atoms with van der Waals surface area (Å²) in [4.78, 5) is 0. The number of benzene rings is 2. The number of phenolic OH excluding ortho intramolecular Hbond substituents is 1. The SMILES string of the molecule is Oc1cc(-c2cc(C(F)(F)F)cc(C(F)(F)F)c2)ccc1Br. The van der Waals surface area contributed by atoms with Gasteiger partial charge in [-0.3, -0.25) is 0 Å². The van der Waals surface area contributed by atoms with Crippen LogP contribution < -0.4 is 0 Å². The van der Waals surface area contributed by atoms with Crippen LogP contribution in [0.1, 0.15) is 11.1 Å². The van der Waals surface area contributed by atoms with Gasteiger partial charge in [0, 0.05) is 0 Å². The van der Waals surface area contributed by atoms with Gasteiger partial charge >= 0.3 is 12.4 Å². The van der Waals surface area contributed by atoms with E-state index in [9.17, 15) is 31.4 Å². The number of alkyl halides is 6. The smallest absolute Gasteiger partial charge is 0.416 e. The summed E-state index contributed by atoms with van der Waals surface area (Å²) in [6, 6.07) is 5.00. The van der Waals surface area contributed by atoms with Gasteiger partial charge in [-0.05, 0) is 57.4 Å². The second-order valence-electron chi connectivity index (χ2n) is 4.46. The van der Waals surface area contributed by atoms with Crippen LogP contribution in [0.25, 0.3) is 11.1 Å². The summed E-state index contributed by atoms with van der Waals surface area (Å²) in [6.07, 6.45) is -9.82. The Labute approximate surface area is 129 Å². The Kier molecular flexibility index (Phi) is 4.16. The highest BCUT2D eigenvalue weighted by molar-refractivity contribution is 9.10. The van der Waals surface area contributed by atoms with Crippen LogP contribution in [0.2, 0.25) is 0 Å². The number of hydrogen-bond donors (Lipinski definition) is 1. The molecule has 0 heterocycles. The van der Waals surface area contributed by atoms with Crippen molar-refractivity contribution in [3.05, 3.63) is 52.0 Å². The van der Waals surface area contributed by atoms with Crippen LogP contribution >= 0.6 is 15.9 Å². The van der Waals surface area contributed by atoms with Crippen LogP contribution in [0.4, 0.5) is 26.3 Å². The zero-order valence-electron chi connectivity index (χ0n) is 10.6. The van der Waals surface area contributed by atoms with Crippen molar-refractivity contribution in [2.24, 2.45) is 0 Å². The molecule has 0 radical (unpaired) electrons. The van der Waals surface area contributed by atoms with Crippen molar-refractivity contribution in [3.63, 3.8) is 0 Å². The van der Waals surface area contributed by atoms with Gasteiger partial charge in [0.2, 0.25) is 0 Å². The number of rotatable bonds is 1. The first-order chi connectivity index (χ1) is 9.98. The van der Waals surface area contributed by atoms with Gasteiger partial charge in [0.15, 0.2) is 0 Å². The summed E-state index contributed by atoms with van der Waals surface area (Å²) in [5, 5.41) is 9.53. The third kappa shape index (κ3) is 3.55. The predicted octanol–water partition coefficient (Wildman–Crippen LogP) is 5.86. The van der Waals surface area contributed by atoms with Crippen molar-refractivity contribution in [1.82, 2.24) is 0 Å². The summed E-state index contributed by atoms with van der Waals surface area (Å²) in [5.41, 5.74) is -3.05. The fourth-order valence-electron chi connectivity index (χ4n) is 1.81. The Morgan fingerprint density at radius 2 is 1.23 bits per heavy atom. The molecule has 0 aliphatic heterocycles. The molecule has 0 saturated carbocycles. The average molecular weight is 385 g/mol. The van der Waals surface area contributed by atoms with E-state index < -0.39 is 23.5 Å². The average Bonchev–Trinajstić information content (AvgIpc) is 2.39. The fourth-order valence-corrected chi connectivity index (χ4v) is 2.06. The number of halogens is 7. The standard InChI is InChI=1S/C14H7BrF6O/c15-11-2-1-7(5-12(11)22)8-3-9(13(16,17)18)6-10(4-8)14(19,20)21/h1-6,22H. The van der Waals surface area contributed by atoms with Gasteiger partial charge in [0.25, 0.3) is 0 Å². The predicted molar refractivity (Wildman–Crippen MR) is 71.2 cm³/mol. The van der Waals surface area contributed by atoms with E-state index in [0.29, 0.717) is 12.1 Å². The Morgan fingerprint density at radius 1 is 0.727 bits per heavy atom. The van der Waals surface area contributed by atoms with Crippen LogP contribution in [-0.4, -0.2) is 5.11 Å². The maximum Gasteiger partial charge on any atom is 0.416 e. The largest absolute Gasteiger partial charge is 0.507 e. The quantitative estimate of drug-likeness (QED) is 0.610. The molecule has 1 N–H and O–H groups in total. The molecule has 2 aromatic carbocycles. The maximum absolute atomic E-state index is 12.8. The van der Waals surface area contributed by atoms with Crippen molar-refractivity contribution in [1.29, 1.82) is 0 Å². The topological polar surface area (TPSA) is 20.2 Å². The third-order valence-electron chi connectivity index (χ3n) is 2.87. The van der Waals surface area contributed by atoms with E-state index in [0.717, 1.165) is 6.07 Å². The molecule has 2 aromatic rings. The van der Waals surface area contributed by atoms with Gasteiger partial charge < -0.3 is 5.11 Å². The van der Waals surface area contributed by atoms with E-state index in [-0.39, 0.29) is 27.4 Å². The maximum atomic E-state index is 12.8. The second kappa shape index (κ2) is 5.49. The molecule has 0 saturated heterocycles. The van der Waals surface area contributed by atoms with Crippen molar-refractivity contribution >= 4 is 15.9 Å². The zero-order valence-corrected chi connectivity index (χ0v) is 12.1. The molecule has 0 aliphatic carbocycles. The van der Waals surface area contributed by atoms with Crippen molar-refractivity contribution in [2.75, 3.05) is 0 Å². The summed E-state index contributed by atoms with van der Waals surface area (Å²) in [5.74, 6) is -0.288. The van der Waals surface area contributed by atoms with Gasteiger partial charge in [0.05, 0.1) is 15.6 Å². The van der Waals surface area contributed by atoms with Crippen LogP contribution in [-0.2, 0) is 12.4 Å². The fraction of sp³-hybridized carbons (Fsp3) is 0.143. The highest BCUT2D eigenvalue weighted by atomic mass is 79.9. The van der Waals surface area contributed by atoms with E-state index in [1.54, 1.807) is 0 Å². The van der Waals surface area contributed by atoms with E-state index >= 15 is 0 Å². The lowest BCUT2D eigenvalue weighted by Gasteiger charge is -2.14. The molecule has 0 atom stereocenters. The van der Waals surface area contributed by atoms with Gasteiger partial charge in [-0.15, -0.1) is 0 Å². The van der Waals surface area contributed by atoms with Gasteiger partial charge in [-0.25, -0.2) is 0 Å². The van der Waals surface area contributed by atoms with Crippen LogP contribution in [0.5, 0.6) is 5.75 Å². The molecule has 0 fully saturated rings. The van der Waals surface area contributed by atoms with E-state index in [4.69, 9.17) is 0 Å². The normalized spacial score (nSPS) is 12.5. The zero-order chi connectivity index (χ0) is 16.7. The number of aromatic hydroxyl groups is 1. The van der Waals surface area contributed by atoms with Gasteiger partial charge in [0.1, 0.15) is 5.75 Å². The Balaban J connectivity index is 2.67. The first-order valence-electron chi connectivity index (χ1n) is 5.77. The van der Waals surface area contributed by atoms with Crippen LogP contribution in [0, 0.1) is 0 Å². The Bertz CT molecular complexity index is 673. The third-order valence-corrected chi connectivity index (χ3v) is 3.54. The minimum Gasteiger partial charge on any atom is -0.507 e. The summed E-state index contributed by atoms with van der Waals surface area (Å²) < 4.78 is 76.9. The second-order valence-corrected chi connectivity index (χ2v) is 5.32. The first-order valence-corrected chi connectivity index (χ1v) is 6.56. The summed E-state index contributed by atoms with van der Waals surface area (Å²) in [6.45, 7) is 0. The molecule has 2 rings (SSSR count). The summed E-state index contributed by atoms with van der Waals surface area (Å²) in [7, 11) is 0. The molecule has 1 nitrogen and oxygen atoms in total. The Morgan fingerprint density at radius 3 is 1.64 bits per heavy atom. The minimum absolute atomic E-state index is 0.0392. The van der Waals surface area contributed by atoms with E-state index in [1.807, 2.05) is 0 Å². The highest BCUT2D eigenvalue weighted by Crippen LogP contribution is 2.39. The lowest BCUT2D eigenvalue weighted by atomic mass is 9.99. The van der Waals surface area contributed by atoms with Crippen LogP contribution in [0.3, 0.4) is 0 Å². The minimum atomic E-state index is -4.91. The van der Waals surface area contributed by atoms with E-state index in [1.165, 1.54) is 12.1 Å².